The molecule has 0 aliphatic heterocycles. The van der Waals surface area contributed by atoms with E-state index in [4.69, 9.17) is 17.5 Å². The first-order valence-corrected chi connectivity index (χ1v) is 11.9. The smallest absolute Gasteiger partial charge is 0.264 e. The zero-order valence-corrected chi connectivity index (χ0v) is 17.7. The minimum absolute atomic E-state index is 1.09. The van der Waals surface area contributed by atoms with Crippen LogP contribution in [0.4, 0.5) is 0 Å². The second-order valence-corrected chi connectivity index (χ2v) is 7.84. The van der Waals surface area contributed by atoms with Crippen LogP contribution in [0.3, 0.4) is 0 Å². The van der Waals surface area contributed by atoms with E-state index >= 15 is 0 Å². The first-order chi connectivity index (χ1) is 10.3. The molecule has 0 aromatic heterocycles. The van der Waals surface area contributed by atoms with Gasteiger partial charge in [-0.2, -0.15) is 8.42 Å². The molecule has 0 fully saturated rings. The maximum Gasteiger partial charge on any atom is 0.394 e. The van der Waals surface area contributed by atoms with Crippen LogP contribution in [-0.2, 0) is 10.4 Å². The van der Waals surface area contributed by atoms with Crippen molar-refractivity contribution in [1.82, 2.24) is 0 Å². The van der Waals surface area contributed by atoms with E-state index in [1.807, 2.05) is 0 Å². The summed E-state index contributed by atoms with van der Waals surface area (Å²) >= 11 is 1.41. The van der Waals surface area contributed by atoms with Gasteiger partial charge in [0.05, 0.1) is 0 Å². The first-order valence-electron chi connectivity index (χ1n) is 9.04. The summed E-state index contributed by atoms with van der Waals surface area (Å²) in [5.41, 5.74) is 0. The van der Waals surface area contributed by atoms with Crippen LogP contribution in [0.1, 0.15) is 90.9 Å². The molecule has 0 rings (SSSR count). The van der Waals surface area contributed by atoms with Gasteiger partial charge in [0, 0.05) is 0 Å². The van der Waals surface area contributed by atoms with Crippen LogP contribution < -0.4 is 0 Å². The van der Waals surface area contributed by atoms with Crippen molar-refractivity contribution >= 4 is 38.3 Å². The Morgan fingerprint density at radius 2 is 1.09 bits per heavy atom. The van der Waals surface area contributed by atoms with Gasteiger partial charge in [-0.25, -0.2) is 0 Å². The molecule has 2 N–H and O–H groups in total. The molecule has 0 aromatic rings. The van der Waals surface area contributed by atoms with E-state index in [2.05, 4.69) is 13.8 Å². The predicted molar refractivity (Wildman–Crippen MR) is 95.0 cm³/mol. The number of hydrogen-bond acceptors (Lipinski definition) is 2. The SMILES string of the molecule is CCCCCCCCC([CH2][Na])CCCCCC.O=S(=O)(O)O. The molecule has 1 unspecified atom stereocenters. The molecule has 0 spiro atoms. The molecule has 1 atom stereocenters. The fourth-order valence-corrected chi connectivity index (χ4v) is 3.44. The number of hydrogen-bond donors (Lipinski definition) is 2. The van der Waals surface area contributed by atoms with Gasteiger partial charge in [-0.05, 0) is 0 Å². The predicted octanol–water partition coefficient (Wildman–Crippen LogP) is 5.26. The third kappa shape index (κ3) is 29.0. The van der Waals surface area contributed by atoms with Gasteiger partial charge in [-0.15, -0.1) is 0 Å². The number of unbranched alkanes of at least 4 members (excludes halogenated alkanes) is 8. The zero-order chi connectivity index (χ0) is 17.3. The molecule has 0 bridgehead atoms. The molecule has 0 saturated carbocycles. The average molecular weight is 347 g/mol. The summed E-state index contributed by atoms with van der Waals surface area (Å²) in [4.78, 5) is 0. The van der Waals surface area contributed by atoms with Crippen LogP contribution in [0.2, 0.25) is 3.67 Å². The van der Waals surface area contributed by atoms with E-state index in [1.54, 1.807) is 3.67 Å². The van der Waals surface area contributed by atoms with Crippen molar-refractivity contribution in [3.63, 3.8) is 0 Å². The maximum absolute atomic E-state index is 8.74. The van der Waals surface area contributed by atoms with E-state index in [0.29, 0.717) is 0 Å². The third-order valence-electron chi connectivity index (χ3n) is 4.01. The Labute approximate surface area is 155 Å². The molecule has 0 saturated heterocycles. The summed E-state index contributed by atoms with van der Waals surface area (Å²) in [6, 6.07) is 0. The monoisotopic (exact) mass is 346 g/mol. The van der Waals surface area contributed by atoms with Crippen molar-refractivity contribution in [1.29, 1.82) is 0 Å². The van der Waals surface area contributed by atoms with Crippen molar-refractivity contribution in [2.45, 2.75) is 94.6 Å². The Morgan fingerprint density at radius 3 is 1.45 bits per heavy atom. The summed E-state index contributed by atoms with van der Waals surface area (Å²) in [6.07, 6.45) is 17.6. The van der Waals surface area contributed by atoms with Crippen molar-refractivity contribution in [3.8, 4) is 0 Å². The summed E-state index contributed by atoms with van der Waals surface area (Å²) in [7, 11) is -4.67. The standard InChI is InChI=1S/C16H33.Na.H2O4S/c1-4-6-8-10-11-13-15-16(3)14-12-9-7-5-2;;1-5(2,3)4/h16H,3-15H2,1-2H3;;(H2,1,2,3,4). The van der Waals surface area contributed by atoms with Crippen molar-refractivity contribution in [2.24, 2.45) is 5.92 Å². The molecule has 22 heavy (non-hydrogen) atoms. The van der Waals surface area contributed by atoms with Crippen LogP contribution in [-0.4, -0.2) is 45.5 Å². The molecule has 0 heterocycles. The topological polar surface area (TPSA) is 74.6 Å². The van der Waals surface area contributed by atoms with Gasteiger partial charge < -0.3 is 0 Å². The van der Waals surface area contributed by atoms with E-state index in [0.717, 1.165) is 5.92 Å². The Morgan fingerprint density at radius 1 is 0.773 bits per heavy atom. The molecular formula is C16H35NaO4S. The van der Waals surface area contributed by atoms with Crippen molar-refractivity contribution < 1.29 is 17.5 Å². The minimum atomic E-state index is -4.67. The minimum Gasteiger partial charge on any atom is -0.264 e. The normalized spacial score (nSPS) is 12.6. The van der Waals surface area contributed by atoms with Crippen LogP contribution in [0, 0.1) is 5.92 Å². The number of rotatable bonds is 13. The Balaban J connectivity index is 0. The third-order valence-corrected chi connectivity index (χ3v) is 5.16. The van der Waals surface area contributed by atoms with Gasteiger partial charge in [-0.3, -0.25) is 9.11 Å². The maximum atomic E-state index is 8.74. The second-order valence-electron chi connectivity index (χ2n) is 6.13. The molecular weight excluding hydrogens is 311 g/mol. The Hall–Kier alpha value is 0.870. The van der Waals surface area contributed by atoms with Gasteiger partial charge in [0.2, 0.25) is 0 Å². The first kappa shape index (κ1) is 25.1. The molecule has 4 nitrogen and oxygen atoms in total. The van der Waals surface area contributed by atoms with Gasteiger partial charge in [0.1, 0.15) is 0 Å². The Bertz CT molecular complexity index is 299. The molecule has 130 valence electrons. The van der Waals surface area contributed by atoms with Crippen molar-refractivity contribution in [3.05, 3.63) is 0 Å². The van der Waals surface area contributed by atoms with Crippen LogP contribution in [0.15, 0.2) is 0 Å². The summed E-state index contributed by atoms with van der Waals surface area (Å²) in [5, 5.41) is 0. The molecule has 0 amide bonds. The van der Waals surface area contributed by atoms with Crippen LogP contribution in [0.5, 0.6) is 0 Å². The molecule has 0 aliphatic carbocycles. The molecule has 0 radical (unpaired) electrons. The molecule has 0 aliphatic rings. The van der Waals surface area contributed by atoms with Gasteiger partial charge in [0.25, 0.3) is 0 Å². The van der Waals surface area contributed by atoms with Crippen LogP contribution >= 0.6 is 0 Å². The van der Waals surface area contributed by atoms with E-state index < -0.39 is 10.4 Å². The van der Waals surface area contributed by atoms with E-state index in [9.17, 15) is 0 Å². The summed E-state index contributed by atoms with van der Waals surface area (Å²) in [6.45, 7) is 4.61. The fourth-order valence-electron chi connectivity index (χ4n) is 2.63. The van der Waals surface area contributed by atoms with Crippen LogP contribution in [0.25, 0.3) is 0 Å². The zero-order valence-electron chi connectivity index (χ0n) is 14.9. The van der Waals surface area contributed by atoms with E-state index in [-0.39, 0.29) is 0 Å². The quantitative estimate of drug-likeness (QED) is 0.271. The van der Waals surface area contributed by atoms with E-state index in [1.165, 1.54) is 105 Å². The molecule has 0 aromatic carbocycles. The van der Waals surface area contributed by atoms with Gasteiger partial charge in [-0.1, -0.05) is 0 Å². The average Bonchev–Trinajstić information content (AvgIpc) is 2.43. The van der Waals surface area contributed by atoms with Gasteiger partial charge in [0.15, 0.2) is 0 Å². The summed E-state index contributed by atoms with van der Waals surface area (Å²) in [5.74, 6) is 1.09. The fraction of sp³-hybridized carbons (Fsp3) is 1.00. The largest absolute Gasteiger partial charge is 0.394 e. The molecule has 6 heteroatoms. The Kier molecular flexibility index (Phi) is 20.8. The van der Waals surface area contributed by atoms with Gasteiger partial charge >= 0.3 is 139 Å². The summed E-state index contributed by atoms with van der Waals surface area (Å²) < 4.78 is 33.1. The van der Waals surface area contributed by atoms with Crippen molar-refractivity contribution in [2.75, 3.05) is 0 Å². The second kappa shape index (κ2) is 18.2.